The van der Waals surface area contributed by atoms with Crippen molar-refractivity contribution in [3.05, 3.63) is 65.5 Å². The summed E-state index contributed by atoms with van der Waals surface area (Å²) in [5, 5.41) is 15.7. The highest BCUT2D eigenvalue weighted by Gasteiger charge is 2.25. The van der Waals surface area contributed by atoms with Crippen molar-refractivity contribution in [2.75, 3.05) is 18.1 Å². The fourth-order valence-electron chi connectivity index (χ4n) is 4.66. The Kier molecular flexibility index (Phi) is 8.45. The standard InChI is InChI=1S/C29H34N4O5/c1-19-8-4-12-26(20(19)2)38-15-7-13-28(35)33-14-6-10-24-23(9-5-11-25(24)33)22-16-30-32(17-22)18-27(34)31-21(3)29(36)37/h4-5,8-9,11-12,16-17,21H,6-7,10,13-15,18H2,1-3H3,(H,31,34)(H,36,37). The van der Waals surface area contributed by atoms with Crippen LogP contribution in [-0.4, -0.2) is 51.9 Å². The summed E-state index contributed by atoms with van der Waals surface area (Å²) in [7, 11) is 0. The smallest absolute Gasteiger partial charge is 0.325 e. The molecule has 38 heavy (non-hydrogen) atoms. The molecular weight excluding hydrogens is 484 g/mol. The average Bonchev–Trinajstić information content (AvgIpc) is 3.35. The van der Waals surface area contributed by atoms with Crippen LogP contribution in [0.15, 0.2) is 48.8 Å². The maximum atomic E-state index is 13.2. The SMILES string of the molecule is Cc1cccc(OCCCC(=O)N2CCCc3c(-c4cnn(CC(=O)NC(C)C(=O)O)c4)cccc32)c1C. The number of benzene rings is 2. The van der Waals surface area contributed by atoms with E-state index in [9.17, 15) is 14.4 Å². The molecule has 9 heteroatoms. The van der Waals surface area contributed by atoms with Crippen molar-refractivity contribution in [2.45, 2.75) is 59.0 Å². The van der Waals surface area contributed by atoms with Crippen molar-refractivity contribution in [3.8, 4) is 16.9 Å². The summed E-state index contributed by atoms with van der Waals surface area (Å²) in [4.78, 5) is 38.2. The van der Waals surface area contributed by atoms with E-state index in [1.807, 2.05) is 42.2 Å². The van der Waals surface area contributed by atoms with E-state index in [1.54, 1.807) is 12.4 Å². The van der Waals surface area contributed by atoms with Crippen LogP contribution < -0.4 is 15.0 Å². The first-order valence-electron chi connectivity index (χ1n) is 12.9. The summed E-state index contributed by atoms with van der Waals surface area (Å²) in [5.41, 5.74) is 6.12. The number of carbonyl (C=O) groups excluding carboxylic acids is 2. The van der Waals surface area contributed by atoms with E-state index in [2.05, 4.69) is 23.4 Å². The predicted molar refractivity (Wildman–Crippen MR) is 144 cm³/mol. The molecule has 0 fully saturated rings. The molecule has 2 heterocycles. The van der Waals surface area contributed by atoms with Gasteiger partial charge >= 0.3 is 5.97 Å². The highest BCUT2D eigenvalue weighted by atomic mass is 16.5. The van der Waals surface area contributed by atoms with Crippen molar-refractivity contribution in [1.29, 1.82) is 0 Å². The van der Waals surface area contributed by atoms with E-state index in [0.717, 1.165) is 46.5 Å². The lowest BCUT2D eigenvalue weighted by atomic mass is 9.93. The summed E-state index contributed by atoms with van der Waals surface area (Å²) in [6.07, 6.45) is 6.19. The molecule has 0 aliphatic carbocycles. The van der Waals surface area contributed by atoms with Crippen LogP contribution in [0.5, 0.6) is 5.75 Å². The summed E-state index contributed by atoms with van der Waals surface area (Å²) in [6, 6.07) is 10.9. The fourth-order valence-corrected chi connectivity index (χ4v) is 4.66. The minimum Gasteiger partial charge on any atom is -0.493 e. The van der Waals surface area contributed by atoms with Gasteiger partial charge in [-0.3, -0.25) is 19.1 Å². The minimum absolute atomic E-state index is 0.0765. The lowest BCUT2D eigenvalue weighted by Crippen LogP contribution is -2.40. The highest BCUT2D eigenvalue weighted by Crippen LogP contribution is 2.35. The Morgan fingerprint density at radius 2 is 1.95 bits per heavy atom. The Bertz CT molecular complexity index is 1330. The number of aromatic nitrogens is 2. The van der Waals surface area contributed by atoms with Crippen molar-refractivity contribution in [3.63, 3.8) is 0 Å². The van der Waals surface area contributed by atoms with Gasteiger partial charge in [-0.25, -0.2) is 0 Å². The molecule has 0 saturated carbocycles. The fraction of sp³-hybridized carbons (Fsp3) is 0.379. The zero-order chi connectivity index (χ0) is 27.2. The molecule has 4 rings (SSSR count). The number of carboxylic acids is 1. The number of aliphatic carboxylic acids is 1. The lowest BCUT2D eigenvalue weighted by molar-refractivity contribution is -0.141. The molecule has 0 saturated heterocycles. The zero-order valence-electron chi connectivity index (χ0n) is 22.1. The molecule has 2 aromatic carbocycles. The molecule has 0 radical (unpaired) electrons. The second-order valence-corrected chi connectivity index (χ2v) is 9.66. The van der Waals surface area contributed by atoms with Crippen molar-refractivity contribution in [2.24, 2.45) is 0 Å². The lowest BCUT2D eigenvalue weighted by Gasteiger charge is -2.31. The number of fused-ring (bicyclic) bond motifs is 1. The van der Waals surface area contributed by atoms with Gasteiger partial charge in [0.15, 0.2) is 0 Å². The number of aryl methyl sites for hydroxylation is 1. The summed E-state index contributed by atoms with van der Waals surface area (Å²) in [5.74, 6) is -0.584. The van der Waals surface area contributed by atoms with E-state index in [4.69, 9.17) is 9.84 Å². The number of nitrogens with one attached hydrogen (secondary N) is 1. The first kappa shape index (κ1) is 26.9. The molecule has 1 aromatic heterocycles. The van der Waals surface area contributed by atoms with Crippen LogP contribution in [0.2, 0.25) is 0 Å². The van der Waals surface area contributed by atoms with Gasteiger partial charge in [-0.05, 0) is 74.4 Å². The normalized spacial score (nSPS) is 13.5. The number of amides is 2. The van der Waals surface area contributed by atoms with Crippen LogP contribution >= 0.6 is 0 Å². The molecule has 2 amide bonds. The summed E-state index contributed by atoms with van der Waals surface area (Å²) in [6.45, 7) is 6.58. The van der Waals surface area contributed by atoms with Gasteiger partial charge in [0, 0.05) is 30.4 Å². The van der Waals surface area contributed by atoms with Crippen molar-refractivity contribution in [1.82, 2.24) is 15.1 Å². The number of nitrogens with zero attached hydrogens (tertiary/aromatic N) is 3. The Labute approximate surface area is 222 Å². The third-order valence-electron chi connectivity index (χ3n) is 6.90. The molecule has 2 N–H and O–H groups in total. The molecule has 9 nitrogen and oxygen atoms in total. The van der Waals surface area contributed by atoms with E-state index in [0.29, 0.717) is 26.0 Å². The maximum Gasteiger partial charge on any atom is 0.325 e. The van der Waals surface area contributed by atoms with Crippen LogP contribution in [0.3, 0.4) is 0 Å². The van der Waals surface area contributed by atoms with Crippen LogP contribution in [0.4, 0.5) is 5.69 Å². The van der Waals surface area contributed by atoms with Gasteiger partial charge in [0.05, 0.1) is 12.8 Å². The molecule has 3 aromatic rings. The topological polar surface area (TPSA) is 114 Å². The predicted octanol–water partition coefficient (Wildman–Crippen LogP) is 3.89. The van der Waals surface area contributed by atoms with Gasteiger partial charge in [-0.2, -0.15) is 5.10 Å². The Morgan fingerprint density at radius 3 is 2.74 bits per heavy atom. The molecule has 1 unspecified atom stereocenters. The van der Waals surface area contributed by atoms with Gasteiger partial charge in [0.25, 0.3) is 0 Å². The number of rotatable bonds is 10. The van der Waals surface area contributed by atoms with Gasteiger partial charge in [-0.1, -0.05) is 24.3 Å². The molecule has 200 valence electrons. The number of carboxylic acid groups (broad SMARTS) is 1. The second kappa shape index (κ2) is 11.9. The van der Waals surface area contributed by atoms with E-state index < -0.39 is 17.9 Å². The summed E-state index contributed by atoms with van der Waals surface area (Å²) >= 11 is 0. The number of anilines is 1. The molecule has 1 aliphatic heterocycles. The van der Waals surface area contributed by atoms with Gasteiger partial charge in [0.2, 0.25) is 11.8 Å². The Balaban J connectivity index is 1.40. The van der Waals surface area contributed by atoms with Crippen LogP contribution in [0, 0.1) is 13.8 Å². The summed E-state index contributed by atoms with van der Waals surface area (Å²) < 4.78 is 7.41. The van der Waals surface area contributed by atoms with Gasteiger partial charge in [-0.15, -0.1) is 0 Å². The second-order valence-electron chi connectivity index (χ2n) is 9.66. The Hall–Kier alpha value is -4.14. The minimum atomic E-state index is -1.09. The van der Waals surface area contributed by atoms with Crippen LogP contribution in [-0.2, 0) is 27.3 Å². The quantitative estimate of drug-likeness (QED) is 0.394. The third-order valence-corrected chi connectivity index (χ3v) is 6.90. The number of hydrogen-bond donors (Lipinski definition) is 2. The van der Waals surface area contributed by atoms with Crippen LogP contribution in [0.1, 0.15) is 42.9 Å². The van der Waals surface area contributed by atoms with Crippen molar-refractivity contribution < 1.29 is 24.2 Å². The molecule has 0 spiro atoms. The number of ether oxygens (including phenoxy) is 1. The monoisotopic (exact) mass is 518 g/mol. The number of carbonyl (C=O) groups is 3. The average molecular weight is 519 g/mol. The van der Waals surface area contributed by atoms with Crippen LogP contribution in [0.25, 0.3) is 11.1 Å². The van der Waals surface area contributed by atoms with E-state index in [1.165, 1.54) is 17.2 Å². The number of hydrogen-bond acceptors (Lipinski definition) is 5. The first-order valence-corrected chi connectivity index (χ1v) is 12.9. The Morgan fingerprint density at radius 1 is 1.16 bits per heavy atom. The highest BCUT2D eigenvalue weighted by molar-refractivity contribution is 5.96. The van der Waals surface area contributed by atoms with Crippen molar-refractivity contribution >= 4 is 23.5 Å². The van der Waals surface area contributed by atoms with E-state index in [-0.39, 0.29) is 12.5 Å². The van der Waals surface area contributed by atoms with Gasteiger partial charge < -0.3 is 20.1 Å². The van der Waals surface area contributed by atoms with Gasteiger partial charge in [0.1, 0.15) is 18.3 Å². The molecule has 1 aliphatic rings. The maximum absolute atomic E-state index is 13.2. The third kappa shape index (κ3) is 6.22. The zero-order valence-corrected chi connectivity index (χ0v) is 22.1. The largest absolute Gasteiger partial charge is 0.493 e. The molecule has 1 atom stereocenters. The van der Waals surface area contributed by atoms with E-state index >= 15 is 0 Å². The molecular formula is C29H34N4O5. The first-order chi connectivity index (χ1) is 18.2. The molecule has 0 bridgehead atoms.